The van der Waals surface area contributed by atoms with Crippen molar-refractivity contribution in [2.75, 3.05) is 11.9 Å². The molecule has 0 radical (unpaired) electrons. The minimum atomic E-state index is -0.672. The minimum absolute atomic E-state index is 0.158. The minimum Gasteiger partial charge on any atom is -0.372 e. The van der Waals surface area contributed by atoms with E-state index < -0.39 is 5.97 Å². The Morgan fingerprint density at radius 3 is 2.60 bits per heavy atom. The largest absolute Gasteiger partial charge is 0.372 e. The molecule has 0 aromatic carbocycles. The van der Waals surface area contributed by atoms with Crippen molar-refractivity contribution in [3.63, 3.8) is 0 Å². The molecule has 1 amide bonds. The van der Waals surface area contributed by atoms with Crippen LogP contribution in [0, 0.1) is 0 Å². The van der Waals surface area contributed by atoms with Gasteiger partial charge in [-0.3, -0.25) is 4.79 Å². The maximum absolute atomic E-state index is 10.4. The fourth-order valence-electron chi connectivity index (χ4n) is 0.260. The molecule has 0 bridgehead atoms. The predicted octanol–water partition coefficient (Wildman–Crippen LogP) is -1.09. The molecule has 0 heterocycles. The summed E-state index contributed by atoms with van der Waals surface area (Å²) in [6, 6.07) is 0. The SMILES string of the molecule is NOC(=O)CNC(=O)CBr. The van der Waals surface area contributed by atoms with E-state index in [1.165, 1.54) is 0 Å². The Morgan fingerprint density at radius 2 is 2.20 bits per heavy atom. The van der Waals surface area contributed by atoms with E-state index in [9.17, 15) is 9.59 Å². The van der Waals surface area contributed by atoms with Crippen LogP contribution in [-0.2, 0) is 14.4 Å². The molecule has 0 atom stereocenters. The number of carbonyl (C=O) groups excluding carboxylic acids is 2. The van der Waals surface area contributed by atoms with E-state index in [2.05, 4.69) is 32.0 Å². The lowest BCUT2D eigenvalue weighted by Gasteiger charge is -1.98. The summed E-state index contributed by atoms with van der Waals surface area (Å²) in [6.07, 6.45) is 0. The zero-order chi connectivity index (χ0) is 7.98. The van der Waals surface area contributed by atoms with Gasteiger partial charge in [-0.15, -0.1) is 0 Å². The molecular weight excluding hydrogens is 204 g/mol. The van der Waals surface area contributed by atoms with Crippen LogP contribution in [0.25, 0.3) is 0 Å². The van der Waals surface area contributed by atoms with Crippen molar-refractivity contribution in [2.24, 2.45) is 5.90 Å². The highest BCUT2D eigenvalue weighted by molar-refractivity contribution is 9.09. The normalized spacial score (nSPS) is 8.60. The van der Waals surface area contributed by atoms with Crippen molar-refractivity contribution in [1.82, 2.24) is 5.32 Å². The van der Waals surface area contributed by atoms with Crippen LogP contribution in [0.2, 0.25) is 0 Å². The van der Waals surface area contributed by atoms with Gasteiger partial charge in [0.25, 0.3) is 0 Å². The maximum Gasteiger partial charge on any atom is 0.343 e. The molecule has 0 spiro atoms. The Labute approximate surface area is 66.0 Å². The quantitative estimate of drug-likeness (QED) is 0.459. The van der Waals surface area contributed by atoms with Gasteiger partial charge in [-0.2, -0.15) is 5.90 Å². The highest BCUT2D eigenvalue weighted by Gasteiger charge is 2.02. The van der Waals surface area contributed by atoms with Crippen molar-refractivity contribution in [3.05, 3.63) is 0 Å². The first-order chi connectivity index (χ1) is 4.70. The number of hydrogen-bond acceptors (Lipinski definition) is 4. The number of nitrogens with one attached hydrogen (secondary N) is 1. The zero-order valence-corrected chi connectivity index (χ0v) is 6.68. The second kappa shape index (κ2) is 5.19. The highest BCUT2D eigenvalue weighted by Crippen LogP contribution is 1.77. The average Bonchev–Trinajstić information content (AvgIpc) is 1.99. The summed E-state index contributed by atoms with van der Waals surface area (Å²) in [5.41, 5.74) is 0. The van der Waals surface area contributed by atoms with Crippen LogP contribution in [0.15, 0.2) is 0 Å². The third-order valence-electron chi connectivity index (χ3n) is 0.683. The van der Waals surface area contributed by atoms with Crippen molar-refractivity contribution in [2.45, 2.75) is 0 Å². The van der Waals surface area contributed by atoms with Gasteiger partial charge in [-0.25, -0.2) is 4.79 Å². The molecule has 0 aromatic heterocycles. The summed E-state index contributed by atoms with van der Waals surface area (Å²) in [7, 11) is 0. The number of alkyl halides is 1. The number of rotatable bonds is 3. The van der Waals surface area contributed by atoms with Gasteiger partial charge in [0.1, 0.15) is 6.54 Å². The third-order valence-corrected chi connectivity index (χ3v) is 1.19. The van der Waals surface area contributed by atoms with E-state index in [1.807, 2.05) is 0 Å². The maximum atomic E-state index is 10.4. The van der Waals surface area contributed by atoms with Gasteiger partial charge in [-0.05, 0) is 0 Å². The first-order valence-electron chi connectivity index (χ1n) is 2.43. The summed E-state index contributed by atoms with van der Waals surface area (Å²) < 4.78 is 0. The lowest BCUT2D eigenvalue weighted by atomic mass is 10.6. The molecule has 0 saturated heterocycles. The molecule has 0 rings (SSSR count). The summed E-state index contributed by atoms with van der Waals surface area (Å²) in [6.45, 7) is -0.194. The van der Waals surface area contributed by atoms with Gasteiger partial charge < -0.3 is 10.2 Å². The molecule has 0 fully saturated rings. The summed E-state index contributed by atoms with van der Waals surface area (Å²) >= 11 is 2.89. The summed E-state index contributed by atoms with van der Waals surface area (Å²) in [4.78, 5) is 24.5. The Bertz CT molecular complexity index is 122. The van der Waals surface area contributed by atoms with Crippen LogP contribution in [0.3, 0.4) is 0 Å². The van der Waals surface area contributed by atoms with E-state index >= 15 is 0 Å². The van der Waals surface area contributed by atoms with Crippen LogP contribution >= 0.6 is 15.9 Å². The Hall–Kier alpha value is -0.620. The molecule has 0 aliphatic rings. The number of hydrogen-bond donors (Lipinski definition) is 2. The van der Waals surface area contributed by atoms with Crippen molar-refractivity contribution in [3.8, 4) is 0 Å². The predicted molar refractivity (Wildman–Crippen MR) is 37.1 cm³/mol. The molecule has 0 saturated carbocycles. The van der Waals surface area contributed by atoms with E-state index in [-0.39, 0.29) is 17.8 Å². The van der Waals surface area contributed by atoms with Crippen LogP contribution in [-0.4, -0.2) is 23.8 Å². The highest BCUT2D eigenvalue weighted by atomic mass is 79.9. The van der Waals surface area contributed by atoms with Crippen LogP contribution in [0.5, 0.6) is 0 Å². The number of nitrogens with two attached hydrogens (primary N) is 1. The monoisotopic (exact) mass is 210 g/mol. The second-order valence-corrected chi connectivity index (χ2v) is 1.96. The summed E-state index contributed by atoms with van der Waals surface area (Å²) in [5.74, 6) is 3.53. The molecule has 10 heavy (non-hydrogen) atoms. The fraction of sp³-hybridized carbons (Fsp3) is 0.500. The lowest BCUT2D eigenvalue weighted by molar-refractivity contribution is -0.144. The van der Waals surface area contributed by atoms with Gasteiger partial charge in [0, 0.05) is 0 Å². The Kier molecular flexibility index (Phi) is 4.87. The molecule has 6 heteroatoms. The first kappa shape index (κ1) is 9.38. The van der Waals surface area contributed by atoms with Gasteiger partial charge in [0.2, 0.25) is 5.91 Å². The average molecular weight is 211 g/mol. The van der Waals surface area contributed by atoms with Crippen molar-refractivity contribution >= 4 is 27.8 Å². The zero-order valence-electron chi connectivity index (χ0n) is 5.09. The van der Waals surface area contributed by atoms with Crippen LogP contribution in [0.4, 0.5) is 0 Å². The molecule has 3 N–H and O–H groups in total. The summed E-state index contributed by atoms with van der Waals surface area (Å²) in [5, 5.41) is 2.40. The van der Waals surface area contributed by atoms with Gasteiger partial charge in [0.05, 0.1) is 5.33 Å². The van der Waals surface area contributed by atoms with Gasteiger partial charge in [0.15, 0.2) is 0 Å². The van der Waals surface area contributed by atoms with Gasteiger partial charge in [-0.1, -0.05) is 15.9 Å². The fourth-order valence-corrected chi connectivity index (χ4v) is 0.458. The third kappa shape index (κ3) is 4.28. The molecule has 0 unspecified atom stereocenters. The van der Waals surface area contributed by atoms with Crippen molar-refractivity contribution < 1.29 is 14.4 Å². The van der Waals surface area contributed by atoms with Crippen molar-refractivity contribution in [1.29, 1.82) is 0 Å². The van der Waals surface area contributed by atoms with E-state index in [1.54, 1.807) is 0 Å². The van der Waals surface area contributed by atoms with E-state index in [0.29, 0.717) is 0 Å². The number of amides is 1. The van der Waals surface area contributed by atoms with E-state index in [0.717, 1.165) is 0 Å². The molecule has 0 aromatic rings. The lowest BCUT2D eigenvalue weighted by Crippen LogP contribution is -2.32. The topological polar surface area (TPSA) is 81.4 Å². The molecule has 0 aliphatic heterocycles. The van der Waals surface area contributed by atoms with E-state index in [4.69, 9.17) is 0 Å². The molecular formula is C4H7BrN2O3. The molecule has 0 aliphatic carbocycles. The van der Waals surface area contributed by atoms with Crippen LogP contribution in [0.1, 0.15) is 0 Å². The smallest absolute Gasteiger partial charge is 0.343 e. The molecule has 58 valence electrons. The standard InChI is InChI=1S/C4H7BrN2O3/c5-1-3(8)7-2-4(9)10-6/h1-2,6H2,(H,7,8). The number of carbonyl (C=O) groups is 2. The second-order valence-electron chi connectivity index (χ2n) is 1.40. The first-order valence-corrected chi connectivity index (χ1v) is 3.55. The number of halogens is 1. The van der Waals surface area contributed by atoms with Crippen LogP contribution < -0.4 is 11.2 Å². The van der Waals surface area contributed by atoms with Gasteiger partial charge >= 0.3 is 5.97 Å². The Balaban J connectivity index is 3.35. The molecule has 5 nitrogen and oxygen atoms in total. The Morgan fingerprint density at radius 1 is 1.60 bits per heavy atom.